The summed E-state index contributed by atoms with van der Waals surface area (Å²) in [5.41, 5.74) is 2.87. The summed E-state index contributed by atoms with van der Waals surface area (Å²) in [5, 5.41) is 13.9. The van der Waals surface area contributed by atoms with E-state index < -0.39 is 0 Å². The lowest BCUT2D eigenvalue weighted by atomic mass is 9.55. The Hall–Kier alpha value is -1.40. The molecule has 0 aromatic carbocycles. The number of aromatic amines is 1. The minimum absolute atomic E-state index is 0.0268. The van der Waals surface area contributed by atoms with Gasteiger partial charge in [0, 0.05) is 48.8 Å². The van der Waals surface area contributed by atoms with Gasteiger partial charge in [0.2, 0.25) is 0 Å². The van der Waals surface area contributed by atoms with E-state index in [1.165, 1.54) is 32.1 Å². The summed E-state index contributed by atoms with van der Waals surface area (Å²) in [6.45, 7) is 4.49. The van der Waals surface area contributed by atoms with Gasteiger partial charge in [0.25, 0.3) is 5.91 Å². The first-order chi connectivity index (χ1) is 11.7. The zero-order valence-electron chi connectivity index (χ0n) is 14.5. The summed E-state index contributed by atoms with van der Waals surface area (Å²) in [4.78, 5) is 12.8. The van der Waals surface area contributed by atoms with Crippen molar-refractivity contribution in [1.82, 2.24) is 20.8 Å². The fraction of sp³-hybridized carbons (Fsp3) is 0.778. The monoisotopic (exact) mass is 332 g/mol. The van der Waals surface area contributed by atoms with Gasteiger partial charge in [0.1, 0.15) is 0 Å². The molecule has 132 valence electrons. The second-order valence-corrected chi connectivity index (χ2v) is 7.46. The molecule has 24 heavy (non-hydrogen) atoms. The molecule has 1 aromatic heterocycles. The zero-order chi connectivity index (χ0) is 16.6. The number of hydrogen-bond donors (Lipinski definition) is 3. The molecule has 0 saturated heterocycles. The lowest BCUT2D eigenvalue weighted by Gasteiger charge is -2.57. The number of nitrogens with one attached hydrogen (secondary N) is 3. The van der Waals surface area contributed by atoms with Gasteiger partial charge in [-0.25, -0.2) is 0 Å². The fourth-order valence-corrected chi connectivity index (χ4v) is 4.91. The highest BCUT2D eigenvalue weighted by Gasteiger charge is 2.56. The Morgan fingerprint density at radius 1 is 1.38 bits per heavy atom. The Morgan fingerprint density at radius 3 is 3.00 bits per heavy atom. The second kappa shape index (κ2) is 6.48. The summed E-state index contributed by atoms with van der Waals surface area (Å²) in [6.07, 6.45) is 8.29. The number of aromatic nitrogens is 2. The van der Waals surface area contributed by atoms with Crippen molar-refractivity contribution in [3.8, 4) is 0 Å². The predicted octanol–water partition coefficient (Wildman–Crippen LogP) is 1.91. The van der Waals surface area contributed by atoms with Crippen LogP contribution in [0.1, 0.15) is 67.2 Å². The molecule has 0 radical (unpaired) electrons. The minimum Gasteiger partial charge on any atom is -0.378 e. The molecule has 6 nitrogen and oxygen atoms in total. The average Bonchev–Trinajstić information content (AvgIpc) is 3.05. The third-order valence-corrected chi connectivity index (χ3v) is 6.26. The van der Waals surface area contributed by atoms with Crippen LogP contribution in [-0.2, 0) is 17.7 Å². The number of fused-ring (bicyclic) bond motifs is 1. The number of hydrogen-bond acceptors (Lipinski definition) is 4. The van der Waals surface area contributed by atoms with Crippen LogP contribution in [0.3, 0.4) is 0 Å². The molecular formula is C18H28N4O2. The van der Waals surface area contributed by atoms with Gasteiger partial charge in [0.15, 0.2) is 5.69 Å². The fourth-order valence-electron chi connectivity index (χ4n) is 4.91. The van der Waals surface area contributed by atoms with Crippen LogP contribution in [0.2, 0.25) is 0 Å². The Balaban J connectivity index is 1.48. The molecule has 1 amide bonds. The van der Waals surface area contributed by atoms with E-state index in [2.05, 4.69) is 27.8 Å². The Kier molecular flexibility index (Phi) is 4.35. The van der Waals surface area contributed by atoms with Gasteiger partial charge >= 0.3 is 0 Å². The molecule has 0 bridgehead atoms. The molecule has 6 heteroatoms. The molecular weight excluding hydrogens is 304 g/mol. The van der Waals surface area contributed by atoms with Gasteiger partial charge in [-0.05, 0) is 26.2 Å². The van der Waals surface area contributed by atoms with E-state index in [0.717, 1.165) is 43.8 Å². The summed E-state index contributed by atoms with van der Waals surface area (Å²) >= 11 is 0. The highest BCUT2D eigenvalue weighted by Crippen LogP contribution is 2.53. The second-order valence-electron chi connectivity index (χ2n) is 7.46. The topological polar surface area (TPSA) is 79.0 Å². The maximum atomic E-state index is 12.8. The number of H-pyrrole nitrogens is 1. The number of rotatable bonds is 4. The van der Waals surface area contributed by atoms with E-state index in [1.807, 2.05) is 0 Å². The molecule has 2 aliphatic carbocycles. The molecule has 2 atom stereocenters. The molecule has 1 aliphatic heterocycles. The Bertz CT molecular complexity index is 606. The van der Waals surface area contributed by atoms with Crippen molar-refractivity contribution >= 4 is 5.91 Å². The van der Waals surface area contributed by atoms with Crippen LogP contribution in [0.15, 0.2) is 0 Å². The van der Waals surface area contributed by atoms with Gasteiger partial charge in [0.05, 0.1) is 6.10 Å². The largest absolute Gasteiger partial charge is 0.378 e. The van der Waals surface area contributed by atoms with Crippen molar-refractivity contribution in [3.05, 3.63) is 17.0 Å². The van der Waals surface area contributed by atoms with Crippen LogP contribution in [0.25, 0.3) is 0 Å². The van der Waals surface area contributed by atoms with E-state index in [4.69, 9.17) is 4.74 Å². The molecule has 4 rings (SSSR count). The van der Waals surface area contributed by atoms with E-state index in [1.54, 1.807) is 0 Å². The highest BCUT2D eigenvalue weighted by atomic mass is 16.5. The van der Waals surface area contributed by atoms with Crippen molar-refractivity contribution in [1.29, 1.82) is 0 Å². The number of ether oxygens (including phenoxy) is 1. The van der Waals surface area contributed by atoms with E-state index in [9.17, 15) is 4.79 Å². The van der Waals surface area contributed by atoms with Gasteiger partial charge in [-0.1, -0.05) is 19.3 Å². The molecule has 3 aliphatic rings. The quantitative estimate of drug-likeness (QED) is 0.787. The van der Waals surface area contributed by atoms with E-state index in [-0.39, 0.29) is 17.4 Å². The lowest BCUT2D eigenvalue weighted by Crippen LogP contribution is -2.65. The maximum Gasteiger partial charge on any atom is 0.272 e. The summed E-state index contributed by atoms with van der Waals surface area (Å²) in [7, 11) is 0. The average molecular weight is 332 g/mol. The van der Waals surface area contributed by atoms with Gasteiger partial charge in [-0.15, -0.1) is 0 Å². The van der Waals surface area contributed by atoms with E-state index in [0.29, 0.717) is 11.8 Å². The lowest BCUT2D eigenvalue weighted by molar-refractivity contribution is -0.146. The Morgan fingerprint density at radius 2 is 2.21 bits per heavy atom. The smallest absolute Gasteiger partial charge is 0.272 e. The number of amides is 1. The first-order valence-corrected chi connectivity index (χ1v) is 9.44. The Labute approximate surface area is 143 Å². The molecule has 2 unspecified atom stereocenters. The predicted molar refractivity (Wildman–Crippen MR) is 90.8 cm³/mol. The molecule has 2 heterocycles. The van der Waals surface area contributed by atoms with Crippen molar-refractivity contribution < 1.29 is 9.53 Å². The first kappa shape index (κ1) is 16.1. The summed E-state index contributed by atoms with van der Waals surface area (Å²) in [5.74, 6) is -0.0268. The van der Waals surface area contributed by atoms with Crippen LogP contribution in [0.5, 0.6) is 0 Å². The SMILES string of the molecule is CCOC1CC(NC(=O)c2n[nH]c3c2CNCC3)C12CCCCC2. The maximum absolute atomic E-state index is 12.8. The number of nitrogens with zero attached hydrogens (tertiary/aromatic N) is 1. The van der Waals surface area contributed by atoms with Crippen molar-refractivity contribution in [2.45, 2.75) is 70.6 Å². The summed E-state index contributed by atoms with van der Waals surface area (Å²) < 4.78 is 5.98. The van der Waals surface area contributed by atoms with Crippen molar-refractivity contribution in [3.63, 3.8) is 0 Å². The molecule has 2 fully saturated rings. The highest BCUT2D eigenvalue weighted by molar-refractivity contribution is 5.94. The zero-order valence-corrected chi connectivity index (χ0v) is 14.5. The van der Waals surface area contributed by atoms with Crippen LogP contribution >= 0.6 is 0 Å². The van der Waals surface area contributed by atoms with Gasteiger partial charge in [-0.2, -0.15) is 5.10 Å². The van der Waals surface area contributed by atoms with Crippen LogP contribution in [0.4, 0.5) is 0 Å². The normalized spacial score (nSPS) is 28.2. The molecule has 1 aromatic rings. The van der Waals surface area contributed by atoms with Crippen LogP contribution in [0, 0.1) is 5.41 Å². The summed E-state index contributed by atoms with van der Waals surface area (Å²) in [6, 6.07) is 0.228. The third kappa shape index (κ3) is 2.56. The molecule has 1 spiro atoms. The van der Waals surface area contributed by atoms with Crippen LogP contribution < -0.4 is 10.6 Å². The van der Waals surface area contributed by atoms with Crippen molar-refractivity contribution in [2.75, 3.05) is 13.2 Å². The molecule has 2 saturated carbocycles. The number of carbonyl (C=O) groups excluding carboxylic acids is 1. The van der Waals surface area contributed by atoms with Crippen LogP contribution in [-0.4, -0.2) is 41.4 Å². The standard InChI is InChI=1S/C18H28N4O2/c1-2-24-15-10-14(18(15)7-4-3-5-8-18)20-17(23)16-12-11-19-9-6-13(12)21-22-16/h14-15,19H,2-11H2,1H3,(H,20,23)(H,21,22). The first-order valence-electron chi connectivity index (χ1n) is 9.44. The van der Waals surface area contributed by atoms with Crippen molar-refractivity contribution in [2.24, 2.45) is 5.41 Å². The minimum atomic E-state index is -0.0268. The molecule has 3 N–H and O–H groups in total. The van der Waals surface area contributed by atoms with Gasteiger partial charge < -0.3 is 15.4 Å². The van der Waals surface area contributed by atoms with Gasteiger partial charge in [-0.3, -0.25) is 9.89 Å². The van der Waals surface area contributed by atoms with E-state index >= 15 is 0 Å². The third-order valence-electron chi connectivity index (χ3n) is 6.26. The number of carbonyl (C=O) groups is 1.